The van der Waals surface area contributed by atoms with Crippen LogP contribution in [0.1, 0.15) is 23.2 Å². The second-order valence-corrected chi connectivity index (χ2v) is 6.17. The van der Waals surface area contributed by atoms with Gasteiger partial charge in [0, 0.05) is 29.9 Å². The minimum atomic E-state index is -0.841. The third-order valence-corrected chi connectivity index (χ3v) is 3.99. The van der Waals surface area contributed by atoms with Crippen molar-refractivity contribution < 1.29 is 14.5 Å². The summed E-state index contributed by atoms with van der Waals surface area (Å²) in [7, 11) is 0. The van der Waals surface area contributed by atoms with Crippen LogP contribution in [-0.4, -0.2) is 35.3 Å². The minimum absolute atomic E-state index is 0.0905. The maximum absolute atomic E-state index is 12.7. The van der Waals surface area contributed by atoms with Gasteiger partial charge < -0.3 is 21.7 Å². The molecule has 0 fully saturated rings. The van der Waals surface area contributed by atoms with Crippen molar-refractivity contribution in [3.8, 4) is 0 Å². The van der Waals surface area contributed by atoms with E-state index in [1.165, 1.54) is 24.3 Å². The lowest BCUT2D eigenvalue weighted by atomic mass is 10.1. The zero-order chi connectivity index (χ0) is 21.2. The van der Waals surface area contributed by atoms with E-state index in [4.69, 9.17) is 11.1 Å². The smallest absolute Gasteiger partial charge is 0.269 e. The fourth-order valence-corrected chi connectivity index (χ4v) is 2.53. The number of guanidine groups is 1. The van der Waals surface area contributed by atoms with E-state index in [1.54, 1.807) is 30.3 Å². The number of carbonyl (C=O) groups is 2. The van der Waals surface area contributed by atoms with E-state index in [9.17, 15) is 19.7 Å². The van der Waals surface area contributed by atoms with E-state index >= 15 is 0 Å². The lowest BCUT2D eigenvalue weighted by molar-refractivity contribution is -0.384. The van der Waals surface area contributed by atoms with E-state index in [0.29, 0.717) is 30.6 Å². The van der Waals surface area contributed by atoms with Crippen LogP contribution in [0.4, 0.5) is 11.4 Å². The van der Waals surface area contributed by atoms with E-state index in [-0.39, 0.29) is 11.6 Å². The molecular weight excluding hydrogens is 376 g/mol. The Hall–Kier alpha value is -3.95. The third kappa shape index (κ3) is 6.94. The number of carbonyl (C=O) groups excluding carboxylic acids is 2. The Labute approximate surface area is 167 Å². The molecule has 0 radical (unpaired) electrons. The third-order valence-electron chi connectivity index (χ3n) is 3.99. The van der Waals surface area contributed by atoms with Crippen LogP contribution in [0.25, 0.3) is 0 Å². The van der Waals surface area contributed by atoms with Gasteiger partial charge in [0.05, 0.1) is 4.92 Å². The molecule has 2 amide bonds. The maximum Gasteiger partial charge on any atom is 0.269 e. The number of nitro benzene ring substituents is 1. The summed E-state index contributed by atoms with van der Waals surface area (Å²) in [6.45, 7) is 0.373. The number of nitro groups is 1. The summed E-state index contributed by atoms with van der Waals surface area (Å²) in [6.07, 6.45) is 0.782. The summed E-state index contributed by atoms with van der Waals surface area (Å²) >= 11 is 0. The quantitative estimate of drug-likeness (QED) is 0.142. The molecule has 0 saturated heterocycles. The number of nitrogens with zero attached hydrogens (tertiary/aromatic N) is 1. The number of anilines is 1. The van der Waals surface area contributed by atoms with Gasteiger partial charge in [-0.1, -0.05) is 18.2 Å². The summed E-state index contributed by atoms with van der Waals surface area (Å²) in [5.41, 5.74) is 5.94. The molecule has 6 N–H and O–H groups in total. The molecule has 0 aliphatic rings. The van der Waals surface area contributed by atoms with Gasteiger partial charge in [-0.25, -0.2) is 0 Å². The standard InChI is InChI=1S/C19H22N6O4/c20-19(21)22-12-4-7-16(24-17(26)13-5-2-1-3-6-13)18(27)23-14-8-10-15(11-9-14)25(28)29/h1-3,5-6,8-11,16H,4,7,12H2,(H,23,27)(H,24,26)(H4,20,21,22)/t16-/m1/s1. The highest BCUT2D eigenvalue weighted by Crippen LogP contribution is 2.16. The number of amides is 2. The van der Waals surface area contributed by atoms with E-state index in [2.05, 4.69) is 16.0 Å². The topological polar surface area (TPSA) is 163 Å². The number of hydrogen-bond acceptors (Lipinski definition) is 5. The Bertz CT molecular complexity index is 870. The first-order valence-electron chi connectivity index (χ1n) is 8.86. The molecule has 152 valence electrons. The van der Waals surface area contributed by atoms with Crippen molar-refractivity contribution in [2.45, 2.75) is 18.9 Å². The normalized spacial score (nSPS) is 11.2. The summed E-state index contributed by atoms with van der Waals surface area (Å²) in [4.78, 5) is 35.3. The van der Waals surface area contributed by atoms with Gasteiger partial charge in [0.15, 0.2) is 5.96 Å². The van der Waals surface area contributed by atoms with Gasteiger partial charge >= 0.3 is 0 Å². The molecule has 0 aromatic heterocycles. The number of hydrogen-bond donors (Lipinski definition) is 5. The van der Waals surface area contributed by atoms with Crippen molar-refractivity contribution in [2.24, 2.45) is 5.73 Å². The van der Waals surface area contributed by atoms with Crippen LogP contribution in [0, 0.1) is 15.5 Å². The Morgan fingerprint density at radius 2 is 1.76 bits per heavy atom. The molecule has 0 saturated carbocycles. The zero-order valence-electron chi connectivity index (χ0n) is 15.6. The SMILES string of the molecule is N=C(N)NCCC[C@@H](NC(=O)c1ccccc1)C(=O)Nc1ccc([N+](=O)[O-])cc1. The Balaban J connectivity index is 2.05. The molecule has 10 heteroatoms. The lowest BCUT2D eigenvalue weighted by Crippen LogP contribution is -2.44. The molecule has 0 unspecified atom stereocenters. The first-order valence-corrected chi connectivity index (χ1v) is 8.86. The first-order chi connectivity index (χ1) is 13.9. The molecule has 2 aromatic rings. The molecule has 2 rings (SSSR count). The van der Waals surface area contributed by atoms with Gasteiger partial charge in [-0.2, -0.15) is 0 Å². The maximum atomic E-state index is 12.7. The average Bonchev–Trinajstić information content (AvgIpc) is 2.71. The molecule has 0 aliphatic carbocycles. The minimum Gasteiger partial charge on any atom is -0.370 e. The predicted molar refractivity (Wildman–Crippen MR) is 109 cm³/mol. The highest BCUT2D eigenvalue weighted by molar-refractivity contribution is 6.01. The molecular formula is C19H22N6O4. The van der Waals surface area contributed by atoms with Crippen molar-refractivity contribution in [1.82, 2.24) is 10.6 Å². The number of non-ortho nitro benzene ring substituents is 1. The molecule has 2 aromatic carbocycles. The molecule has 0 bridgehead atoms. The summed E-state index contributed by atoms with van der Waals surface area (Å²) in [6, 6.07) is 13.1. The average molecular weight is 398 g/mol. The second-order valence-electron chi connectivity index (χ2n) is 6.17. The first kappa shape index (κ1) is 21.4. The van der Waals surface area contributed by atoms with E-state index in [0.717, 1.165) is 0 Å². The van der Waals surface area contributed by atoms with E-state index in [1.807, 2.05) is 0 Å². The van der Waals surface area contributed by atoms with Crippen molar-refractivity contribution in [3.63, 3.8) is 0 Å². The number of nitrogens with one attached hydrogen (secondary N) is 4. The van der Waals surface area contributed by atoms with Crippen molar-refractivity contribution in [1.29, 1.82) is 5.41 Å². The van der Waals surface area contributed by atoms with Gasteiger partial charge in [0.2, 0.25) is 5.91 Å². The highest BCUT2D eigenvalue weighted by Gasteiger charge is 2.21. The van der Waals surface area contributed by atoms with Crippen LogP contribution in [-0.2, 0) is 4.79 Å². The number of nitrogens with two attached hydrogens (primary N) is 1. The summed E-state index contributed by atoms with van der Waals surface area (Å²) < 4.78 is 0. The van der Waals surface area contributed by atoms with Crippen LogP contribution in [0.3, 0.4) is 0 Å². The predicted octanol–water partition coefficient (Wildman–Crippen LogP) is 1.60. The van der Waals surface area contributed by atoms with Crippen molar-refractivity contribution in [2.75, 3.05) is 11.9 Å². The lowest BCUT2D eigenvalue weighted by Gasteiger charge is -2.19. The molecule has 0 heterocycles. The molecule has 29 heavy (non-hydrogen) atoms. The molecule has 1 atom stereocenters. The summed E-state index contributed by atoms with van der Waals surface area (Å²) in [5.74, 6) is -1.02. The summed E-state index contributed by atoms with van der Waals surface area (Å²) in [5, 5.41) is 25.9. The highest BCUT2D eigenvalue weighted by atomic mass is 16.6. The fourth-order valence-electron chi connectivity index (χ4n) is 2.53. The van der Waals surface area contributed by atoms with Gasteiger partial charge in [-0.3, -0.25) is 25.1 Å². The second kappa shape index (κ2) is 10.4. The molecule has 0 aliphatic heterocycles. The number of rotatable bonds is 9. The van der Waals surface area contributed by atoms with Gasteiger partial charge in [0.1, 0.15) is 6.04 Å². The van der Waals surface area contributed by atoms with Gasteiger partial charge in [0.25, 0.3) is 11.6 Å². The van der Waals surface area contributed by atoms with Crippen LogP contribution >= 0.6 is 0 Å². The largest absolute Gasteiger partial charge is 0.370 e. The molecule has 0 spiro atoms. The van der Waals surface area contributed by atoms with Gasteiger partial charge in [-0.15, -0.1) is 0 Å². The van der Waals surface area contributed by atoms with Gasteiger partial charge in [-0.05, 0) is 37.1 Å². The van der Waals surface area contributed by atoms with Crippen molar-refractivity contribution >= 4 is 29.1 Å². The Morgan fingerprint density at radius 3 is 2.34 bits per heavy atom. The monoisotopic (exact) mass is 398 g/mol. The van der Waals surface area contributed by atoms with Crippen LogP contribution < -0.4 is 21.7 Å². The van der Waals surface area contributed by atoms with Crippen molar-refractivity contribution in [3.05, 3.63) is 70.3 Å². The Morgan fingerprint density at radius 1 is 1.10 bits per heavy atom. The van der Waals surface area contributed by atoms with Crippen LogP contribution in [0.2, 0.25) is 0 Å². The molecule has 10 nitrogen and oxygen atoms in total. The Kier molecular flexibility index (Phi) is 7.66. The number of benzene rings is 2. The van der Waals surface area contributed by atoms with E-state index < -0.39 is 22.8 Å². The van der Waals surface area contributed by atoms with Crippen LogP contribution in [0.15, 0.2) is 54.6 Å². The fraction of sp³-hybridized carbons (Fsp3) is 0.211. The zero-order valence-corrected chi connectivity index (χ0v) is 15.6. The van der Waals surface area contributed by atoms with Crippen LogP contribution in [0.5, 0.6) is 0 Å².